The van der Waals surface area contributed by atoms with E-state index >= 15 is 0 Å². The second-order valence-corrected chi connectivity index (χ2v) is 7.06. The third-order valence-corrected chi connectivity index (χ3v) is 4.77. The predicted octanol–water partition coefficient (Wildman–Crippen LogP) is 2.84. The molecule has 3 amide bonds. The van der Waals surface area contributed by atoms with Gasteiger partial charge in [0.2, 0.25) is 0 Å². The fourth-order valence-electron chi connectivity index (χ4n) is 3.05. The van der Waals surface area contributed by atoms with Gasteiger partial charge >= 0.3 is 5.97 Å². The van der Waals surface area contributed by atoms with E-state index in [1.165, 1.54) is 24.3 Å². The molecule has 0 bridgehead atoms. The minimum absolute atomic E-state index is 0.152. The molecular weight excluding hydrogens is 482 g/mol. The van der Waals surface area contributed by atoms with Crippen molar-refractivity contribution in [1.29, 1.82) is 0 Å². The molecule has 0 spiro atoms. The number of nitrogens with one attached hydrogen (secondary N) is 1. The van der Waals surface area contributed by atoms with Crippen LogP contribution in [0.2, 0.25) is 0 Å². The van der Waals surface area contributed by atoms with Crippen LogP contribution in [0, 0.1) is 23.3 Å². The highest BCUT2D eigenvalue weighted by Crippen LogP contribution is 2.30. The predicted molar refractivity (Wildman–Crippen MR) is 105 cm³/mol. The van der Waals surface area contributed by atoms with E-state index in [-0.39, 0.29) is 29.2 Å². The molecule has 2 aromatic carbocycles. The van der Waals surface area contributed by atoms with Crippen molar-refractivity contribution >= 4 is 29.4 Å². The Hall–Kier alpha value is -4.65. The number of phenolic OH excluding ortho intramolecular Hbond substituents is 1. The Morgan fingerprint density at radius 2 is 1.60 bits per heavy atom. The second kappa shape index (κ2) is 10.1. The van der Waals surface area contributed by atoms with Gasteiger partial charge < -0.3 is 15.3 Å². The van der Waals surface area contributed by atoms with Crippen molar-refractivity contribution in [3.8, 4) is 5.75 Å². The van der Waals surface area contributed by atoms with Crippen LogP contribution in [0.15, 0.2) is 29.4 Å². The van der Waals surface area contributed by atoms with Gasteiger partial charge in [0.1, 0.15) is 23.0 Å². The summed E-state index contributed by atoms with van der Waals surface area (Å²) in [6.45, 7) is 0. The number of imide groups is 1. The van der Waals surface area contributed by atoms with Crippen molar-refractivity contribution in [2.45, 2.75) is 25.3 Å². The van der Waals surface area contributed by atoms with Gasteiger partial charge in [0.05, 0.1) is 0 Å². The molecule has 1 atom stereocenters. The van der Waals surface area contributed by atoms with Gasteiger partial charge in [0.15, 0.2) is 23.3 Å². The third kappa shape index (κ3) is 5.14. The van der Waals surface area contributed by atoms with Gasteiger partial charge in [-0.3, -0.25) is 14.4 Å². The maximum absolute atomic E-state index is 14.4. The van der Waals surface area contributed by atoms with E-state index in [1.807, 2.05) is 10.2 Å². The van der Waals surface area contributed by atoms with Crippen molar-refractivity contribution in [2.75, 3.05) is 0 Å². The summed E-state index contributed by atoms with van der Waals surface area (Å²) < 4.78 is 56.9. The van der Waals surface area contributed by atoms with E-state index in [1.54, 1.807) is 0 Å². The topological polar surface area (TPSA) is 162 Å². The van der Waals surface area contributed by atoms with Crippen molar-refractivity contribution in [2.24, 2.45) is 5.11 Å². The average molecular weight is 495 g/mol. The van der Waals surface area contributed by atoms with Crippen LogP contribution in [0.3, 0.4) is 0 Å². The number of amides is 3. The number of rotatable bonds is 7. The molecule has 1 fully saturated rings. The van der Waals surface area contributed by atoms with Crippen molar-refractivity contribution in [3.05, 3.63) is 69.1 Å². The standard InChI is InChI=1S/C20H13F4N5O6/c21-14-13(15(22)17(24)18(16(14)23)27-28-25)19(33)26-10(7-8-1-3-9(30)4-2-8)20(34)35-29-11(31)5-6-12(29)32/h1-4,10,30H,5-7H2,(H,26,33). The first-order chi connectivity index (χ1) is 16.5. The third-order valence-electron chi connectivity index (χ3n) is 4.77. The van der Waals surface area contributed by atoms with Gasteiger partial charge in [-0.2, -0.15) is 0 Å². The fraction of sp³-hybridized carbons (Fsp3) is 0.200. The van der Waals surface area contributed by atoms with E-state index in [0.29, 0.717) is 0 Å². The normalized spacial score (nSPS) is 13.9. The number of hydroxylamine groups is 2. The zero-order valence-corrected chi connectivity index (χ0v) is 17.3. The van der Waals surface area contributed by atoms with E-state index in [2.05, 4.69) is 5.11 Å². The van der Waals surface area contributed by atoms with Crippen molar-refractivity contribution < 1.29 is 46.7 Å². The highest BCUT2D eigenvalue weighted by Gasteiger charge is 2.37. The summed E-state index contributed by atoms with van der Waals surface area (Å²) in [6, 6.07) is 3.22. The number of halogens is 4. The molecule has 0 aromatic heterocycles. The molecule has 0 saturated carbocycles. The van der Waals surface area contributed by atoms with Crippen molar-refractivity contribution in [3.63, 3.8) is 0 Å². The van der Waals surface area contributed by atoms with E-state index in [0.717, 1.165) is 0 Å². The number of nitrogens with zero attached hydrogens (tertiary/aromatic N) is 4. The lowest BCUT2D eigenvalue weighted by Gasteiger charge is -2.21. The van der Waals surface area contributed by atoms with Gasteiger partial charge in [0, 0.05) is 24.2 Å². The number of carbonyl (C=O) groups is 4. The van der Waals surface area contributed by atoms with Crippen LogP contribution >= 0.6 is 0 Å². The molecule has 15 heteroatoms. The van der Waals surface area contributed by atoms with Crippen molar-refractivity contribution in [1.82, 2.24) is 10.4 Å². The molecule has 1 aliphatic heterocycles. The van der Waals surface area contributed by atoms with Gasteiger partial charge in [-0.05, 0) is 23.2 Å². The quantitative estimate of drug-likeness (QED) is 0.150. The summed E-state index contributed by atoms with van der Waals surface area (Å²) in [5.74, 6) is -13.8. The summed E-state index contributed by atoms with van der Waals surface area (Å²) in [5, 5.41) is 13.9. The molecule has 0 aliphatic carbocycles. The minimum Gasteiger partial charge on any atom is -0.508 e. The average Bonchev–Trinajstić information content (AvgIpc) is 3.13. The lowest BCUT2D eigenvalue weighted by Crippen LogP contribution is -2.47. The van der Waals surface area contributed by atoms with E-state index in [9.17, 15) is 41.8 Å². The fourth-order valence-corrected chi connectivity index (χ4v) is 3.05. The Morgan fingerprint density at radius 1 is 1.06 bits per heavy atom. The molecule has 0 radical (unpaired) electrons. The highest BCUT2D eigenvalue weighted by atomic mass is 19.2. The summed E-state index contributed by atoms with van der Waals surface area (Å²) in [6.07, 6.45) is -0.937. The van der Waals surface area contributed by atoms with Crippen LogP contribution in [0.4, 0.5) is 23.2 Å². The van der Waals surface area contributed by atoms with Gasteiger partial charge in [-0.15, -0.1) is 5.06 Å². The Bertz CT molecular complexity index is 1230. The smallest absolute Gasteiger partial charge is 0.355 e. The van der Waals surface area contributed by atoms with Gasteiger partial charge in [0.25, 0.3) is 17.7 Å². The zero-order valence-electron chi connectivity index (χ0n) is 17.3. The van der Waals surface area contributed by atoms with Crippen LogP contribution in [0.25, 0.3) is 10.4 Å². The minimum atomic E-state index is -2.20. The number of phenols is 1. The molecule has 11 nitrogen and oxygen atoms in total. The molecule has 182 valence electrons. The molecule has 1 aliphatic rings. The summed E-state index contributed by atoms with van der Waals surface area (Å²) in [4.78, 5) is 55.4. The van der Waals surface area contributed by atoms with Gasteiger partial charge in [-0.25, -0.2) is 22.4 Å². The Morgan fingerprint density at radius 3 is 2.11 bits per heavy atom. The Balaban J connectivity index is 1.95. The summed E-state index contributed by atoms with van der Waals surface area (Å²) in [7, 11) is 0. The van der Waals surface area contributed by atoms with Gasteiger partial charge in [-0.1, -0.05) is 17.2 Å². The molecule has 1 unspecified atom stereocenters. The lowest BCUT2D eigenvalue weighted by atomic mass is 10.0. The highest BCUT2D eigenvalue weighted by molar-refractivity contribution is 6.02. The first-order valence-corrected chi connectivity index (χ1v) is 9.62. The maximum Gasteiger partial charge on any atom is 0.355 e. The van der Waals surface area contributed by atoms with Crippen LogP contribution in [-0.2, 0) is 25.6 Å². The lowest BCUT2D eigenvalue weighted by molar-refractivity contribution is -0.198. The summed E-state index contributed by atoms with van der Waals surface area (Å²) >= 11 is 0. The number of aromatic hydroxyl groups is 1. The van der Waals surface area contributed by atoms with Crippen LogP contribution in [0.1, 0.15) is 28.8 Å². The first kappa shape index (κ1) is 25.0. The number of benzene rings is 2. The molecule has 2 aromatic rings. The molecule has 3 rings (SSSR count). The van der Waals surface area contributed by atoms with E-state index < -0.39 is 70.7 Å². The molecular formula is C20H13F4N5O6. The van der Waals surface area contributed by atoms with Crippen LogP contribution in [-0.4, -0.2) is 39.9 Å². The molecule has 1 heterocycles. The monoisotopic (exact) mass is 495 g/mol. The maximum atomic E-state index is 14.4. The zero-order chi connectivity index (χ0) is 25.9. The molecule has 1 saturated heterocycles. The largest absolute Gasteiger partial charge is 0.508 e. The molecule has 2 N–H and O–H groups in total. The molecule has 35 heavy (non-hydrogen) atoms. The number of hydrogen-bond acceptors (Lipinski definition) is 7. The number of hydrogen-bond donors (Lipinski definition) is 2. The summed E-state index contributed by atoms with van der Waals surface area (Å²) in [5.41, 5.74) is 5.15. The number of azide groups is 1. The SMILES string of the molecule is [N-]=[N+]=Nc1c(F)c(F)c(C(=O)NC(Cc2ccc(O)cc2)C(=O)ON2C(=O)CCC2=O)c(F)c1F. The second-order valence-electron chi connectivity index (χ2n) is 7.06. The first-order valence-electron chi connectivity index (χ1n) is 9.62. The Labute approximate surface area is 192 Å². The van der Waals surface area contributed by atoms with Crippen LogP contribution < -0.4 is 5.32 Å². The van der Waals surface area contributed by atoms with Crippen LogP contribution in [0.5, 0.6) is 5.75 Å². The number of carbonyl (C=O) groups excluding carboxylic acids is 4. The Kier molecular flexibility index (Phi) is 7.20. The van der Waals surface area contributed by atoms with E-state index in [4.69, 9.17) is 10.4 Å².